The number of carboxylic acid groups (broad SMARTS) is 1. The van der Waals surface area contributed by atoms with E-state index in [1.807, 2.05) is 11.9 Å². The molecule has 1 N–H and O–H groups in total. The summed E-state index contributed by atoms with van der Waals surface area (Å²) in [4.78, 5) is 14.8. The number of benzene rings is 1. The molecule has 0 aliphatic carbocycles. The van der Waals surface area contributed by atoms with E-state index in [1.54, 1.807) is 12.1 Å². The van der Waals surface area contributed by atoms with Crippen LogP contribution in [0.5, 0.6) is 0 Å². The van der Waals surface area contributed by atoms with Crippen molar-refractivity contribution in [2.24, 2.45) is 0 Å². The minimum atomic E-state index is -0.788. The van der Waals surface area contributed by atoms with Gasteiger partial charge in [-0.05, 0) is 44.2 Å². The Morgan fingerprint density at radius 1 is 1.37 bits per heavy atom. The van der Waals surface area contributed by atoms with Crippen molar-refractivity contribution in [2.45, 2.75) is 18.9 Å². The first-order valence-electron chi connectivity index (χ1n) is 6.49. The van der Waals surface area contributed by atoms with Crippen molar-refractivity contribution in [3.05, 3.63) is 30.1 Å². The molecule has 1 saturated heterocycles. The number of carboxylic acids is 1. The highest BCUT2D eigenvalue weighted by molar-refractivity contribution is 5.69. The molecule has 0 saturated carbocycles. The number of piperidine rings is 1. The lowest BCUT2D eigenvalue weighted by atomic mass is 10.0. The van der Waals surface area contributed by atoms with E-state index < -0.39 is 5.97 Å². The van der Waals surface area contributed by atoms with Crippen molar-refractivity contribution in [2.75, 3.05) is 31.6 Å². The van der Waals surface area contributed by atoms with Gasteiger partial charge in [0.1, 0.15) is 5.82 Å². The van der Waals surface area contributed by atoms with Gasteiger partial charge in [-0.25, -0.2) is 4.39 Å². The summed E-state index contributed by atoms with van der Waals surface area (Å²) in [5.74, 6) is -1.01. The van der Waals surface area contributed by atoms with E-state index in [0.29, 0.717) is 6.04 Å². The molecule has 104 valence electrons. The highest BCUT2D eigenvalue weighted by Gasteiger charge is 2.23. The number of rotatable bonds is 4. The van der Waals surface area contributed by atoms with Gasteiger partial charge in [0.2, 0.25) is 0 Å². The van der Waals surface area contributed by atoms with Crippen LogP contribution in [0.4, 0.5) is 10.1 Å². The predicted molar refractivity (Wildman–Crippen MR) is 71.9 cm³/mol. The van der Waals surface area contributed by atoms with Gasteiger partial charge in [0.05, 0.1) is 6.54 Å². The van der Waals surface area contributed by atoms with E-state index in [1.165, 1.54) is 12.1 Å². The van der Waals surface area contributed by atoms with Crippen LogP contribution in [0.15, 0.2) is 24.3 Å². The summed E-state index contributed by atoms with van der Waals surface area (Å²) in [6, 6.07) is 6.83. The highest BCUT2D eigenvalue weighted by Crippen LogP contribution is 2.22. The number of carbonyl (C=O) groups is 1. The van der Waals surface area contributed by atoms with Gasteiger partial charge in [-0.15, -0.1) is 0 Å². The quantitative estimate of drug-likeness (QED) is 0.902. The second kappa shape index (κ2) is 6.02. The second-order valence-corrected chi connectivity index (χ2v) is 5.00. The maximum absolute atomic E-state index is 12.9. The zero-order chi connectivity index (χ0) is 13.8. The van der Waals surface area contributed by atoms with Gasteiger partial charge in [-0.3, -0.25) is 9.69 Å². The standard InChI is InChI=1S/C14H19FN2O2/c1-16(10-14(18)19)12-6-8-17(9-7-12)13-4-2-11(15)3-5-13/h2-5,12H,6-10H2,1H3,(H,18,19). The Hall–Kier alpha value is -1.62. The summed E-state index contributed by atoms with van der Waals surface area (Å²) >= 11 is 0. The van der Waals surface area contributed by atoms with Crippen LogP contribution < -0.4 is 4.90 Å². The van der Waals surface area contributed by atoms with E-state index in [0.717, 1.165) is 31.6 Å². The molecule has 0 bridgehead atoms. The minimum Gasteiger partial charge on any atom is -0.480 e. The lowest BCUT2D eigenvalue weighted by Gasteiger charge is -2.37. The molecule has 0 atom stereocenters. The fraction of sp³-hybridized carbons (Fsp3) is 0.500. The number of anilines is 1. The Morgan fingerprint density at radius 2 is 1.95 bits per heavy atom. The fourth-order valence-electron chi connectivity index (χ4n) is 2.56. The van der Waals surface area contributed by atoms with Gasteiger partial charge in [0, 0.05) is 24.8 Å². The highest BCUT2D eigenvalue weighted by atomic mass is 19.1. The van der Waals surface area contributed by atoms with E-state index in [9.17, 15) is 9.18 Å². The molecule has 4 nitrogen and oxygen atoms in total. The molecule has 1 fully saturated rings. The molecule has 0 amide bonds. The summed E-state index contributed by atoms with van der Waals surface area (Å²) < 4.78 is 12.9. The van der Waals surface area contributed by atoms with Crippen LogP contribution in [0.2, 0.25) is 0 Å². The largest absolute Gasteiger partial charge is 0.480 e. The monoisotopic (exact) mass is 266 g/mol. The van der Waals surface area contributed by atoms with Crippen LogP contribution >= 0.6 is 0 Å². The number of likely N-dealkylation sites (N-methyl/N-ethyl adjacent to an activating group) is 1. The lowest BCUT2D eigenvalue weighted by molar-refractivity contribution is -0.138. The first-order valence-corrected chi connectivity index (χ1v) is 6.49. The molecule has 1 aromatic rings. The van der Waals surface area contributed by atoms with Crippen molar-refractivity contribution in [1.82, 2.24) is 4.90 Å². The molecule has 2 rings (SSSR count). The first-order chi connectivity index (χ1) is 9.06. The van der Waals surface area contributed by atoms with Crippen LogP contribution in [-0.2, 0) is 4.79 Å². The predicted octanol–water partition coefficient (Wildman–Crippen LogP) is 1.81. The third-order valence-electron chi connectivity index (χ3n) is 3.66. The van der Waals surface area contributed by atoms with Crippen LogP contribution in [0.1, 0.15) is 12.8 Å². The Morgan fingerprint density at radius 3 is 2.47 bits per heavy atom. The second-order valence-electron chi connectivity index (χ2n) is 5.00. The molecule has 1 aliphatic heterocycles. The smallest absolute Gasteiger partial charge is 0.317 e. The van der Waals surface area contributed by atoms with Gasteiger partial charge in [-0.2, -0.15) is 0 Å². The minimum absolute atomic E-state index is 0.0845. The zero-order valence-electron chi connectivity index (χ0n) is 11.1. The summed E-state index contributed by atoms with van der Waals surface area (Å²) in [7, 11) is 1.85. The molecule has 1 aliphatic rings. The normalized spacial score (nSPS) is 16.9. The van der Waals surface area contributed by atoms with Gasteiger partial charge < -0.3 is 10.0 Å². The van der Waals surface area contributed by atoms with Crippen LogP contribution in [0.3, 0.4) is 0 Å². The number of nitrogens with zero attached hydrogens (tertiary/aromatic N) is 2. The number of hydrogen-bond acceptors (Lipinski definition) is 3. The van der Waals surface area contributed by atoms with Crippen LogP contribution in [0.25, 0.3) is 0 Å². The zero-order valence-corrected chi connectivity index (χ0v) is 11.1. The van der Waals surface area contributed by atoms with E-state index >= 15 is 0 Å². The molecule has 0 radical (unpaired) electrons. The molecule has 19 heavy (non-hydrogen) atoms. The molecule has 0 spiro atoms. The van der Waals surface area contributed by atoms with Crippen molar-refractivity contribution in [3.8, 4) is 0 Å². The number of halogens is 1. The van der Waals surface area contributed by atoms with Gasteiger partial charge in [0.15, 0.2) is 0 Å². The van der Waals surface area contributed by atoms with E-state index in [2.05, 4.69) is 4.90 Å². The average Bonchev–Trinajstić information content (AvgIpc) is 2.39. The summed E-state index contributed by atoms with van der Waals surface area (Å²) in [6.45, 7) is 1.84. The number of hydrogen-bond donors (Lipinski definition) is 1. The molecule has 0 unspecified atom stereocenters. The van der Waals surface area contributed by atoms with Gasteiger partial charge in [-0.1, -0.05) is 0 Å². The molecule has 0 aromatic heterocycles. The molecular formula is C14H19FN2O2. The van der Waals surface area contributed by atoms with Crippen LogP contribution in [-0.4, -0.2) is 48.7 Å². The number of aliphatic carboxylic acids is 1. The van der Waals surface area contributed by atoms with E-state index in [4.69, 9.17) is 5.11 Å². The molecule has 5 heteroatoms. The maximum Gasteiger partial charge on any atom is 0.317 e. The van der Waals surface area contributed by atoms with Crippen molar-refractivity contribution >= 4 is 11.7 Å². The third-order valence-corrected chi connectivity index (χ3v) is 3.66. The molecule has 1 heterocycles. The Balaban J connectivity index is 1.88. The summed E-state index contributed by atoms with van der Waals surface area (Å²) in [6.07, 6.45) is 1.86. The van der Waals surface area contributed by atoms with Crippen LogP contribution in [0, 0.1) is 5.82 Å². The van der Waals surface area contributed by atoms with Crippen molar-refractivity contribution in [3.63, 3.8) is 0 Å². The van der Waals surface area contributed by atoms with Crippen molar-refractivity contribution < 1.29 is 14.3 Å². The lowest BCUT2D eigenvalue weighted by Crippen LogP contribution is -2.44. The fourth-order valence-corrected chi connectivity index (χ4v) is 2.56. The van der Waals surface area contributed by atoms with E-state index in [-0.39, 0.29) is 12.4 Å². The summed E-state index contributed by atoms with van der Waals surface area (Å²) in [5.41, 5.74) is 1.03. The third kappa shape index (κ3) is 3.67. The van der Waals surface area contributed by atoms with Gasteiger partial charge >= 0.3 is 5.97 Å². The Bertz CT molecular complexity index is 428. The van der Waals surface area contributed by atoms with Crippen molar-refractivity contribution in [1.29, 1.82) is 0 Å². The Labute approximate surface area is 112 Å². The maximum atomic E-state index is 12.9. The summed E-state index contributed by atoms with van der Waals surface area (Å²) in [5, 5.41) is 8.78. The Kier molecular flexibility index (Phi) is 4.37. The molecule has 1 aromatic carbocycles. The SMILES string of the molecule is CN(CC(=O)O)C1CCN(c2ccc(F)cc2)CC1. The first kappa shape index (κ1) is 13.8. The van der Waals surface area contributed by atoms with Gasteiger partial charge in [0.25, 0.3) is 0 Å². The topological polar surface area (TPSA) is 43.8 Å². The molecular weight excluding hydrogens is 247 g/mol. The average molecular weight is 266 g/mol.